The number of ether oxygens (including phenoxy) is 3. The summed E-state index contributed by atoms with van der Waals surface area (Å²) < 4.78 is 16.5. The zero-order chi connectivity index (χ0) is 15.8. The van der Waals surface area contributed by atoms with Crippen molar-refractivity contribution in [3.63, 3.8) is 0 Å². The number of cyclic esters (lactones) is 1. The maximum Gasteiger partial charge on any atom is 0.319 e. The van der Waals surface area contributed by atoms with E-state index in [1.165, 1.54) is 0 Å². The summed E-state index contributed by atoms with van der Waals surface area (Å²) in [5, 5.41) is 0. The SMILES string of the molecule is COc1ccc(C2=C[C@H]3COc4ccccc4[C@H]3C(=O)O2)cc1. The van der Waals surface area contributed by atoms with Crippen molar-refractivity contribution in [2.45, 2.75) is 5.92 Å². The molecule has 0 bridgehead atoms. The van der Waals surface area contributed by atoms with Gasteiger partial charge in [-0.3, -0.25) is 4.79 Å². The van der Waals surface area contributed by atoms with Gasteiger partial charge in [-0.15, -0.1) is 0 Å². The van der Waals surface area contributed by atoms with Crippen LogP contribution < -0.4 is 9.47 Å². The molecule has 2 aromatic carbocycles. The minimum Gasteiger partial charge on any atom is -0.497 e. The molecule has 0 amide bonds. The van der Waals surface area contributed by atoms with Crippen molar-refractivity contribution in [3.8, 4) is 11.5 Å². The van der Waals surface area contributed by atoms with Gasteiger partial charge in [0.15, 0.2) is 0 Å². The number of para-hydroxylation sites is 1. The number of carbonyl (C=O) groups excluding carboxylic acids is 1. The van der Waals surface area contributed by atoms with Gasteiger partial charge < -0.3 is 14.2 Å². The van der Waals surface area contributed by atoms with Crippen LogP contribution in [0.4, 0.5) is 0 Å². The highest BCUT2D eigenvalue weighted by Crippen LogP contribution is 2.42. The van der Waals surface area contributed by atoms with Gasteiger partial charge in [-0.1, -0.05) is 18.2 Å². The molecule has 116 valence electrons. The van der Waals surface area contributed by atoms with Gasteiger partial charge in [0.2, 0.25) is 0 Å². The van der Waals surface area contributed by atoms with E-state index in [0.717, 1.165) is 22.6 Å². The molecule has 4 nitrogen and oxygen atoms in total. The number of fused-ring (bicyclic) bond motifs is 3. The number of hydrogen-bond donors (Lipinski definition) is 0. The summed E-state index contributed by atoms with van der Waals surface area (Å²) >= 11 is 0. The minimum atomic E-state index is -0.290. The lowest BCUT2D eigenvalue weighted by molar-refractivity contribution is -0.141. The summed E-state index contributed by atoms with van der Waals surface area (Å²) in [4.78, 5) is 12.6. The fourth-order valence-corrected chi connectivity index (χ4v) is 3.14. The van der Waals surface area contributed by atoms with Gasteiger partial charge in [0, 0.05) is 17.0 Å². The van der Waals surface area contributed by atoms with Gasteiger partial charge in [0.05, 0.1) is 19.6 Å². The molecule has 2 heterocycles. The number of esters is 1. The Morgan fingerprint density at radius 1 is 1.09 bits per heavy atom. The molecule has 0 saturated heterocycles. The Kier molecular flexibility index (Phi) is 3.30. The van der Waals surface area contributed by atoms with Crippen LogP contribution in [0.25, 0.3) is 5.76 Å². The molecule has 0 spiro atoms. The molecule has 0 aromatic heterocycles. The van der Waals surface area contributed by atoms with E-state index in [9.17, 15) is 4.79 Å². The molecule has 2 atom stereocenters. The largest absolute Gasteiger partial charge is 0.497 e. The second kappa shape index (κ2) is 5.47. The molecule has 4 rings (SSSR count). The van der Waals surface area contributed by atoms with Crippen molar-refractivity contribution in [3.05, 3.63) is 65.7 Å². The predicted octanol–water partition coefficient (Wildman–Crippen LogP) is 3.39. The third kappa shape index (κ3) is 2.36. The highest BCUT2D eigenvalue weighted by atomic mass is 16.5. The van der Waals surface area contributed by atoms with Crippen LogP contribution in [-0.4, -0.2) is 19.7 Å². The summed E-state index contributed by atoms with van der Waals surface area (Å²) in [6, 6.07) is 15.1. The van der Waals surface area contributed by atoms with Gasteiger partial charge >= 0.3 is 5.97 Å². The summed E-state index contributed by atoms with van der Waals surface area (Å²) in [7, 11) is 1.62. The quantitative estimate of drug-likeness (QED) is 0.798. The highest BCUT2D eigenvalue weighted by molar-refractivity contribution is 5.88. The van der Waals surface area contributed by atoms with Crippen molar-refractivity contribution in [2.75, 3.05) is 13.7 Å². The molecule has 2 aliphatic heterocycles. The monoisotopic (exact) mass is 308 g/mol. The van der Waals surface area contributed by atoms with Crippen LogP contribution in [0.15, 0.2) is 54.6 Å². The topological polar surface area (TPSA) is 44.8 Å². The maximum atomic E-state index is 12.6. The standard InChI is InChI=1S/C19H16O4/c1-21-14-8-6-12(7-9-14)17-10-13-11-22-16-5-3-2-4-15(16)18(13)19(20)23-17/h2-10,13,18H,11H2,1H3/t13-,18-/m0/s1. The molecule has 0 radical (unpaired) electrons. The second-order valence-electron chi connectivity index (χ2n) is 5.67. The third-order valence-electron chi connectivity index (χ3n) is 4.32. The Balaban J connectivity index is 1.69. The third-order valence-corrected chi connectivity index (χ3v) is 4.32. The van der Waals surface area contributed by atoms with E-state index >= 15 is 0 Å². The van der Waals surface area contributed by atoms with Crippen molar-refractivity contribution in [2.24, 2.45) is 5.92 Å². The summed E-state index contributed by atoms with van der Waals surface area (Å²) in [6.45, 7) is 0.483. The summed E-state index contributed by atoms with van der Waals surface area (Å²) in [6.07, 6.45) is 1.99. The van der Waals surface area contributed by atoms with E-state index in [1.807, 2.05) is 54.6 Å². The first-order valence-electron chi connectivity index (χ1n) is 7.56. The maximum absolute atomic E-state index is 12.6. The van der Waals surface area contributed by atoms with Crippen LogP contribution >= 0.6 is 0 Å². The Morgan fingerprint density at radius 3 is 2.65 bits per heavy atom. The molecule has 2 aromatic rings. The molecule has 2 aliphatic rings. The lowest BCUT2D eigenvalue weighted by Gasteiger charge is -2.34. The smallest absolute Gasteiger partial charge is 0.319 e. The Labute approximate surface area is 134 Å². The summed E-state index contributed by atoms with van der Waals surface area (Å²) in [5.74, 6) is 1.60. The lowest BCUT2D eigenvalue weighted by atomic mass is 9.82. The van der Waals surface area contributed by atoms with Crippen LogP contribution in [0.3, 0.4) is 0 Å². The normalized spacial score (nSPS) is 22.1. The molecule has 0 fully saturated rings. The highest BCUT2D eigenvalue weighted by Gasteiger charge is 2.40. The molecule has 23 heavy (non-hydrogen) atoms. The van der Waals surface area contributed by atoms with Gasteiger partial charge in [0.25, 0.3) is 0 Å². The van der Waals surface area contributed by atoms with E-state index in [4.69, 9.17) is 14.2 Å². The zero-order valence-corrected chi connectivity index (χ0v) is 12.7. The zero-order valence-electron chi connectivity index (χ0n) is 12.7. The van der Waals surface area contributed by atoms with Crippen LogP contribution in [-0.2, 0) is 9.53 Å². The Morgan fingerprint density at radius 2 is 1.87 bits per heavy atom. The Hall–Kier alpha value is -2.75. The molecule has 0 saturated carbocycles. The van der Waals surface area contributed by atoms with Crippen LogP contribution in [0.5, 0.6) is 11.5 Å². The van der Waals surface area contributed by atoms with E-state index < -0.39 is 0 Å². The van der Waals surface area contributed by atoms with E-state index in [-0.39, 0.29) is 17.8 Å². The minimum absolute atomic E-state index is 0.0109. The number of benzene rings is 2. The number of carbonyl (C=O) groups is 1. The average Bonchev–Trinajstić information content (AvgIpc) is 2.61. The molecule has 0 unspecified atom stereocenters. The van der Waals surface area contributed by atoms with Crippen LogP contribution in [0.2, 0.25) is 0 Å². The van der Waals surface area contributed by atoms with Crippen molar-refractivity contribution in [1.82, 2.24) is 0 Å². The number of methoxy groups -OCH3 is 1. The molecule has 0 aliphatic carbocycles. The van der Waals surface area contributed by atoms with Gasteiger partial charge in [-0.25, -0.2) is 0 Å². The molecular formula is C19H16O4. The number of hydrogen-bond acceptors (Lipinski definition) is 4. The molecule has 4 heteroatoms. The summed E-state index contributed by atoms with van der Waals surface area (Å²) in [5.41, 5.74) is 1.76. The van der Waals surface area contributed by atoms with Gasteiger partial charge in [-0.2, -0.15) is 0 Å². The number of rotatable bonds is 2. The predicted molar refractivity (Wildman–Crippen MR) is 85.2 cm³/mol. The van der Waals surface area contributed by atoms with Gasteiger partial charge in [0.1, 0.15) is 17.3 Å². The van der Waals surface area contributed by atoms with Crippen LogP contribution in [0, 0.1) is 5.92 Å². The first-order valence-corrected chi connectivity index (χ1v) is 7.56. The van der Waals surface area contributed by atoms with Crippen molar-refractivity contribution in [1.29, 1.82) is 0 Å². The van der Waals surface area contributed by atoms with Crippen molar-refractivity contribution < 1.29 is 19.0 Å². The van der Waals surface area contributed by atoms with E-state index in [0.29, 0.717) is 12.4 Å². The Bertz CT molecular complexity index is 776. The first-order chi connectivity index (χ1) is 11.3. The van der Waals surface area contributed by atoms with E-state index in [1.54, 1.807) is 7.11 Å². The van der Waals surface area contributed by atoms with Gasteiger partial charge in [-0.05, 0) is 36.4 Å². The van der Waals surface area contributed by atoms with Crippen LogP contribution in [0.1, 0.15) is 17.0 Å². The van der Waals surface area contributed by atoms with Crippen molar-refractivity contribution >= 4 is 11.7 Å². The fourth-order valence-electron chi connectivity index (χ4n) is 3.14. The van der Waals surface area contributed by atoms with E-state index in [2.05, 4.69) is 0 Å². The second-order valence-corrected chi connectivity index (χ2v) is 5.67. The first kappa shape index (κ1) is 13.9. The molecule has 0 N–H and O–H groups in total. The average molecular weight is 308 g/mol. The lowest BCUT2D eigenvalue weighted by Crippen LogP contribution is -2.34. The molecular weight excluding hydrogens is 292 g/mol. The fraction of sp³-hybridized carbons (Fsp3) is 0.211.